The number of benzene rings is 2. The fourth-order valence-electron chi connectivity index (χ4n) is 1.78. The maximum absolute atomic E-state index is 11.8. The van der Waals surface area contributed by atoms with Crippen LogP contribution in [-0.2, 0) is 11.3 Å². The normalized spacial score (nSPS) is 10.2. The molecule has 5 nitrogen and oxygen atoms in total. The third-order valence-corrected chi connectivity index (χ3v) is 2.86. The largest absolute Gasteiger partial charge is 0.462 e. The van der Waals surface area contributed by atoms with Gasteiger partial charge in [0.2, 0.25) is 0 Å². The Balaban J connectivity index is 2.20. The SMILES string of the molecule is CCOC(=O)c1cc(Oc2ccc(CO)cc2)ccc1N. The highest BCUT2D eigenvalue weighted by molar-refractivity contribution is 5.95. The summed E-state index contributed by atoms with van der Waals surface area (Å²) >= 11 is 0. The number of nitrogens with two attached hydrogens (primary N) is 1. The quantitative estimate of drug-likeness (QED) is 0.652. The van der Waals surface area contributed by atoms with E-state index in [-0.39, 0.29) is 18.8 Å². The molecule has 0 aromatic heterocycles. The van der Waals surface area contributed by atoms with Gasteiger partial charge in [0.25, 0.3) is 0 Å². The molecule has 0 unspecified atom stereocenters. The number of esters is 1. The average Bonchev–Trinajstić information content (AvgIpc) is 2.50. The Bertz CT molecular complexity index is 623. The molecular weight excluding hydrogens is 270 g/mol. The molecule has 0 saturated heterocycles. The van der Waals surface area contributed by atoms with E-state index in [4.69, 9.17) is 20.3 Å². The summed E-state index contributed by atoms with van der Waals surface area (Å²) in [5.74, 6) is 0.617. The summed E-state index contributed by atoms with van der Waals surface area (Å²) in [6.07, 6.45) is 0. The molecule has 0 saturated carbocycles. The number of aliphatic hydroxyl groups is 1. The molecule has 0 amide bonds. The predicted octanol–water partition coefficient (Wildman–Crippen LogP) is 2.73. The number of hydrogen-bond acceptors (Lipinski definition) is 5. The Morgan fingerprint density at radius 1 is 1.14 bits per heavy atom. The van der Waals surface area contributed by atoms with Crippen molar-refractivity contribution in [2.45, 2.75) is 13.5 Å². The first-order valence-electron chi connectivity index (χ1n) is 6.58. The summed E-state index contributed by atoms with van der Waals surface area (Å²) in [5.41, 5.74) is 7.19. The molecule has 0 aliphatic heterocycles. The first-order valence-corrected chi connectivity index (χ1v) is 6.58. The summed E-state index contributed by atoms with van der Waals surface area (Å²) in [6.45, 7) is 2.00. The van der Waals surface area contributed by atoms with Crippen LogP contribution >= 0.6 is 0 Å². The lowest BCUT2D eigenvalue weighted by molar-refractivity contribution is 0.0527. The molecule has 0 heterocycles. The number of ether oxygens (including phenoxy) is 2. The second-order valence-electron chi connectivity index (χ2n) is 4.37. The van der Waals surface area contributed by atoms with Crippen LogP contribution in [-0.4, -0.2) is 17.7 Å². The Kier molecular flexibility index (Phi) is 4.79. The van der Waals surface area contributed by atoms with Gasteiger partial charge in [-0.1, -0.05) is 12.1 Å². The number of rotatable bonds is 5. The number of carbonyl (C=O) groups excluding carboxylic acids is 1. The summed E-state index contributed by atoms with van der Waals surface area (Å²) in [7, 11) is 0. The molecule has 0 atom stereocenters. The summed E-state index contributed by atoms with van der Waals surface area (Å²) < 4.78 is 10.6. The van der Waals surface area contributed by atoms with Crippen LogP contribution in [0, 0.1) is 0 Å². The number of aliphatic hydroxyl groups excluding tert-OH is 1. The maximum atomic E-state index is 11.8. The minimum atomic E-state index is -0.476. The zero-order valence-electron chi connectivity index (χ0n) is 11.7. The van der Waals surface area contributed by atoms with Gasteiger partial charge in [-0.3, -0.25) is 0 Å². The molecule has 0 bridgehead atoms. The van der Waals surface area contributed by atoms with Crippen LogP contribution in [0.3, 0.4) is 0 Å². The van der Waals surface area contributed by atoms with Crippen LogP contribution in [0.2, 0.25) is 0 Å². The van der Waals surface area contributed by atoms with Gasteiger partial charge < -0.3 is 20.3 Å². The second-order valence-corrected chi connectivity index (χ2v) is 4.37. The van der Waals surface area contributed by atoms with Crippen molar-refractivity contribution in [3.05, 3.63) is 53.6 Å². The third kappa shape index (κ3) is 3.73. The molecule has 110 valence electrons. The van der Waals surface area contributed by atoms with E-state index >= 15 is 0 Å². The number of carbonyl (C=O) groups is 1. The lowest BCUT2D eigenvalue weighted by atomic mass is 10.1. The van der Waals surface area contributed by atoms with Gasteiger partial charge in [0.15, 0.2) is 0 Å². The molecule has 2 rings (SSSR count). The average molecular weight is 287 g/mol. The molecule has 5 heteroatoms. The highest BCUT2D eigenvalue weighted by Gasteiger charge is 2.12. The summed E-state index contributed by atoms with van der Waals surface area (Å²) in [4.78, 5) is 11.8. The summed E-state index contributed by atoms with van der Waals surface area (Å²) in [6, 6.07) is 11.8. The van der Waals surface area contributed by atoms with Gasteiger partial charge in [-0.2, -0.15) is 0 Å². The van der Waals surface area contributed by atoms with Crippen molar-refractivity contribution in [2.24, 2.45) is 0 Å². The third-order valence-electron chi connectivity index (χ3n) is 2.86. The van der Waals surface area contributed by atoms with Crippen molar-refractivity contribution in [1.29, 1.82) is 0 Å². The molecule has 0 aliphatic rings. The monoisotopic (exact) mass is 287 g/mol. The van der Waals surface area contributed by atoms with Crippen molar-refractivity contribution in [2.75, 3.05) is 12.3 Å². The van der Waals surface area contributed by atoms with Crippen molar-refractivity contribution >= 4 is 11.7 Å². The van der Waals surface area contributed by atoms with Crippen molar-refractivity contribution in [3.8, 4) is 11.5 Å². The minimum absolute atomic E-state index is 0.0187. The fourth-order valence-corrected chi connectivity index (χ4v) is 1.78. The summed E-state index contributed by atoms with van der Waals surface area (Å²) in [5, 5.41) is 8.99. The number of anilines is 1. The highest BCUT2D eigenvalue weighted by Crippen LogP contribution is 2.26. The molecule has 0 aliphatic carbocycles. The topological polar surface area (TPSA) is 81.8 Å². The van der Waals surface area contributed by atoms with Gasteiger partial charge >= 0.3 is 5.97 Å². The Morgan fingerprint density at radius 2 is 1.81 bits per heavy atom. The van der Waals surface area contributed by atoms with Crippen LogP contribution < -0.4 is 10.5 Å². The number of nitrogen functional groups attached to an aromatic ring is 1. The van der Waals surface area contributed by atoms with Crippen LogP contribution in [0.25, 0.3) is 0 Å². The van der Waals surface area contributed by atoms with E-state index in [1.807, 2.05) is 0 Å². The van der Waals surface area contributed by atoms with Gasteiger partial charge in [-0.15, -0.1) is 0 Å². The zero-order chi connectivity index (χ0) is 15.2. The first-order chi connectivity index (χ1) is 10.1. The molecule has 3 N–H and O–H groups in total. The second kappa shape index (κ2) is 6.76. The van der Waals surface area contributed by atoms with E-state index in [1.165, 1.54) is 0 Å². The maximum Gasteiger partial charge on any atom is 0.340 e. The standard InChI is InChI=1S/C16H17NO4/c1-2-20-16(19)14-9-13(7-8-15(14)17)21-12-5-3-11(10-18)4-6-12/h3-9,18H,2,10,17H2,1H3. The molecule has 2 aromatic carbocycles. The van der Waals surface area contributed by atoms with Gasteiger partial charge in [0.05, 0.1) is 18.8 Å². The van der Waals surface area contributed by atoms with Crippen LogP contribution in [0.5, 0.6) is 11.5 Å². The van der Waals surface area contributed by atoms with Gasteiger partial charge in [0.1, 0.15) is 11.5 Å². The minimum Gasteiger partial charge on any atom is -0.462 e. The zero-order valence-corrected chi connectivity index (χ0v) is 11.7. The van der Waals surface area contributed by atoms with Crippen LogP contribution in [0.4, 0.5) is 5.69 Å². The molecule has 0 radical (unpaired) electrons. The Hall–Kier alpha value is -2.53. The van der Waals surface area contributed by atoms with E-state index in [1.54, 1.807) is 49.4 Å². The molecule has 2 aromatic rings. The Labute approximate surface area is 122 Å². The first kappa shape index (κ1) is 14.9. The van der Waals surface area contributed by atoms with E-state index in [0.29, 0.717) is 17.2 Å². The van der Waals surface area contributed by atoms with Gasteiger partial charge in [-0.05, 0) is 42.8 Å². The van der Waals surface area contributed by atoms with Crippen molar-refractivity contribution < 1.29 is 19.4 Å². The predicted molar refractivity (Wildman–Crippen MR) is 79.2 cm³/mol. The van der Waals surface area contributed by atoms with Gasteiger partial charge in [0, 0.05) is 5.69 Å². The highest BCUT2D eigenvalue weighted by atomic mass is 16.5. The smallest absolute Gasteiger partial charge is 0.340 e. The van der Waals surface area contributed by atoms with Crippen LogP contribution in [0.15, 0.2) is 42.5 Å². The van der Waals surface area contributed by atoms with Crippen LogP contribution in [0.1, 0.15) is 22.8 Å². The molecule has 21 heavy (non-hydrogen) atoms. The van der Waals surface area contributed by atoms with E-state index < -0.39 is 5.97 Å². The van der Waals surface area contributed by atoms with Crippen molar-refractivity contribution in [3.63, 3.8) is 0 Å². The lowest BCUT2D eigenvalue weighted by Gasteiger charge is -2.10. The lowest BCUT2D eigenvalue weighted by Crippen LogP contribution is -2.08. The number of hydrogen-bond donors (Lipinski definition) is 2. The van der Waals surface area contributed by atoms with E-state index in [9.17, 15) is 4.79 Å². The molecular formula is C16H17NO4. The Morgan fingerprint density at radius 3 is 2.43 bits per heavy atom. The van der Waals surface area contributed by atoms with E-state index in [0.717, 1.165) is 5.56 Å². The molecule has 0 fully saturated rings. The van der Waals surface area contributed by atoms with Gasteiger partial charge in [-0.25, -0.2) is 4.79 Å². The fraction of sp³-hybridized carbons (Fsp3) is 0.188. The molecule has 0 spiro atoms. The van der Waals surface area contributed by atoms with Crippen molar-refractivity contribution in [1.82, 2.24) is 0 Å². The van der Waals surface area contributed by atoms with E-state index in [2.05, 4.69) is 0 Å².